The van der Waals surface area contributed by atoms with Crippen molar-refractivity contribution in [2.24, 2.45) is 11.3 Å². The van der Waals surface area contributed by atoms with Crippen LogP contribution in [-0.4, -0.2) is 5.11 Å². The molecule has 0 unspecified atom stereocenters. The highest BCUT2D eigenvalue weighted by Gasteiger charge is 2.40. The van der Waals surface area contributed by atoms with Crippen LogP contribution in [0.2, 0.25) is 0 Å². The first-order chi connectivity index (χ1) is 9.78. The molecule has 1 heterocycles. The third-order valence-electron chi connectivity index (χ3n) is 4.97. The van der Waals surface area contributed by atoms with Crippen molar-refractivity contribution in [2.45, 2.75) is 52.1 Å². The quantitative estimate of drug-likeness (QED) is 0.802. The van der Waals surface area contributed by atoms with E-state index in [4.69, 9.17) is 4.42 Å². The summed E-state index contributed by atoms with van der Waals surface area (Å²) in [6, 6.07) is 6.25. The van der Waals surface area contributed by atoms with Crippen molar-refractivity contribution in [1.82, 2.24) is 0 Å². The first-order valence-electron chi connectivity index (χ1n) is 7.70. The van der Waals surface area contributed by atoms with Crippen LogP contribution in [0.25, 0.3) is 11.0 Å². The average molecular weight is 290 g/mol. The van der Waals surface area contributed by atoms with E-state index in [1.165, 1.54) is 12.1 Å². The summed E-state index contributed by atoms with van der Waals surface area (Å²) >= 11 is 0. The van der Waals surface area contributed by atoms with Crippen LogP contribution in [-0.2, 0) is 5.60 Å². The molecule has 0 amide bonds. The smallest absolute Gasteiger partial charge is 0.136 e. The van der Waals surface area contributed by atoms with Gasteiger partial charge in [-0.25, -0.2) is 4.39 Å². The zero-order valence-corrected chi connectivity index (χ0v) is 12.9. The van der Waals surface area contributed by atoms with Crippen LogP contribution in [0, 0.1) is 17.2 Å². The SMILES string of the molecule is CC(C)(C)C1CCC(O)(c2cc3cc(F)ccc3o2)CC1. The van der Waals surface area contributed by atoms with Crippen LogP contribution in [0.15, 0.2) is 28.7 Å². The second-order valence-electron chi connectivity index (χ2n) is 7.46. The molecule has 0 spiro atoms. The van der Waals surface area contributed by atoms with Crippen molar-refractivity contribution >= 4 is 11.0 Å². The van der Waals surface area contributed by atoms with Gasteiger partial charge in [-0.3, -0.25) is 0 Å². The lowest BCUT2D eigenvalue weighted by atomic mass is 9.68. The lowest BCUT2D eigenvalue weighted by molar-refractivity contribution is -0.0444. The highest BCUT2D eigenvalue weighted by atomic mass is 19.1. The monoisotopic (exact) mass is 290 g/mol. The molecule has 3 rings (SSSR count). The summed E-state index contributed by atoms with van der Waals surface area (Å²) in [5.74, 6) is 0.924. The molecular formula is C18H23FO2. The third-order valence-corrected chi connectivity index (χ3v) is 4.97. The van der Waals surface area contributed by atoms with Gasteiger partial charge >= 0.3 is 0 Å². The van der Waals surface area contributed by atoms with Crippen molar-refractivity contribution in [3.05, 3.63) is 35.8 Å². The van der Waals surface area contributed by atoms with Gasteiger partial charge in [0.15, 0.2) is 0 Å². The van der Waals surface area contributed by atoms with Gasteiger partial charge in [0.05, 0.1) is 0 Å². The molecule has 2 nitrogen and oxygen atoms in total. The van der Waals surface area contributed by atoms with Gasteiger partial charge in [-0.05, 0) is 61.3 Å². The molecule has 1 aliphatic rings. The van der Waals surface area contributed by atoms with Crippen LogP contribution >= 0.6 is 0 Å². The standard InChI is InChI=1S/C18H23FO2/c1-17(2,3)13-6-8-18(20,9-7-13)16-11-12-10-14(19)4-5-15(12)21-16/h4-5,10-11,13,20H,6-9H2,1-3H3. The molecule has 21 heavy (non-hydrogen) atoms. The minimum absolute atomic E-state index is 0.276. The molecule has 1 aliphatic carbocycles. The van der Waals surface area contributed by atoms with Gasteiger partial charge in [0.25, 0.3) is 0 Å². The number of furan rings is 1. The minimum Gasteiger partial charge on any atom is -0.458 e. The second-order valence-corrected chi connectivity index (χ2v) is 7.46. The Morgan fingerprint density at radius 1 is 1.19 bits per heavy atom. The van der Waals surface area contributed by atoms with Crippen molar-refractivity contribution < 1.29 is 13.9 Å². The van der Waals surface area contributed by atoms with Crippen LogP contribution in [0.4, 0.5) is 4.39 Å². The zero-order valence-electron chi connectivity index (χ0n) is 12.9. The lowest BCUT2D eigenvalue weighted by Gasteiger charge is -2.40. The van der Waals surface area contributed by atoms with E-state index < -0.39 is 5.60 Å². The van der Waals surface area contributed by atoms with Gasteiger partial charge in [-0.1, -0.05) is 20.8 Å². The predicted molar refractivity (Wildman–Crippen MR) is 81.5 cm³/mol. The maximum atomic E-state index is 13.3. The second kappa shape index (κ2) is 4.84. The first kappa shape index (κ1) is 14.6. The first-order valence-corrected chi connectivity index (χ1v) is 7.70. The van der Waals surface area contributed by atoms with Crippen molar-refractivity contribution in [1.29, 1.82) is 0 Å². The van der Waals surface area contributed by atoms with Crippen LogP contribution in [0.1, 0.15) is 52.2 Å². The fourth-order valence-electron chi connectivity index (χ4n) is 3.45. The number of aliphatic hydroxyl groups is 1. The van der Waals surface area contributed by atoms with Gasteiger partial charge in [0, 0.05) is 5.39 Å². The number of halogens is 1. The Kier molecular flexibility index (Phi) is 3.36. The molecular weight excluding hydrogens is 267 g/mol. The highest BCUT2D eigenvalue weighted by Crippen LogP contribution is 2.46. The topological polar surface area (TPSA) is 33.4 Å². The van der Waals surface area contributed by atoms with E-state index in [1.807, 2.05) is 0 Å². The summed E-state index contributed by atoms with van der Waals surface area (Å²) in [6.07, 6.45) is 3.39. The molecule has 0 aliphatic heterocycles. The van der Waals surface area contributed by atoms with E-state index in [-0.39, 0.29) is 11.2 Å². The molecule has 0 radical (unpaired) electrons. The summed E-state index contributed by atoms with van der Waals surface area (Å²) in [6.45, 7) is 6.77. The van der Waals surface area contributed by atoms with Crippen LogP contribution in [0.3, 0.4) is 0 Å². The molecule has 1 aromatic carbocycles. The molecule has 1 saturated carbocycles. The van der Waals surface area contributed by atoms with Gasteiger partial charge in [-0.2, -0.15) is 0 Å². The molecule has 0 saturated heterocycles. The maximum absolute atomic E-state index is 13.3. The van der Waals surface area contributed by atoms with E-state index in [2.05, 4.69) is 20.8 Å². The normalized spacial score (nSPS) is 27.2. The fourth-order valence-corrected chi connectivity index (χ4v) is 3.45. The van der Waals surface area contributed by atoms with Gasteiger partial charge < -0.3 is 9.52 Å². The fraction of sp³-hybridized carbons (Fsp3) is 0.556. The molecule has 114 valence electrons. The number of hydrogen-bond acceptors (Lipinski definition) is 2. The van der Waals surface area contributed by atoms with Crippen LogP contribution in [0.5, 0.6) is 0 Å². The highest BCUT2D eigenvalue weighted by molar-refractivity contribution is 5.78. The molecule has 1 aromatic heterocycles. The summed E-state index contributed by atoms with van der Waals surface area (Å²) in [5.41, 5.74) is 0.00744. The molecule has 1 N–H and O–H groups in total. The van der Waals surface area contributed by atoms with E-state index in [1.54, 1.807) is 12.1 Å². The van der Waals surface area contributed by atoms with E-state index >= 15 is 0 Å². The molecule has 0 atom stereocenters. The van der Waals surface area contributed by atoms with Crippen molar-refractivity contribution in [2.75, 3.05) is 0 Å². The van der Waals surface area contributed by atoms with E-state index in [0.717, 1.165) is 18.2 Å². The lowest BCUT2D eigenvalue weighted by Crippen LogP contribution is -2.35. The maximum Gasteiger partial charge on any atom is 0.136 e. The van der Waals surface area contributed by atoms with Gasteiger partial charge in [0.2, 0.25) is 0 Å². The number of benzene rings is 1. The summed E-state index contributed by atoms with van der Waals surface area (Å²) in [5, 5.41) is 11.6. The Morgan fingerprint density at radius 3 is 2.48 bits per heavy atom. The predicted octanol–water partition coefficient (Wildman–Crippen LogP) is 5.00. The molecule has 0 bridgehead atoms. The Balaban J connectivity index is 1.85. The van der Waals surface area contributed by atoms with E-state index in [0.29, 0.717) is 30.1 Å². The zero-order chi connectivity index (χ0) is 15.3. The summed E-state index contributed by atoms with van der Waals surface area (Å²) < 4.78 is 19.0. The van der Waals surface area contributed by atoms with Gasteiger partial charge in [-0.15, -0.1) is 0 Å². The molecule has 3 heteroatoms. The third kappa shape index (κ3) is 2.71. The van der Waals surface area contributed by atoms with Crippen LogP contribution < -0.4 is 0 Å². The van der Waals surface area contributed by atoms with E-state index in [9.17, 15) is 9.50 Å². The number of fused-ring (bicyclic) bond motifs is 1. The molecule has 2 aromatic rings. The molecule has 1 fully saturated rings. The number of rotatable bonds is 1. The summed E-state index contributed by atoms with van der Waals surface area (Å²) in [4.78, 5) is 0. The van der Waals surface area contributed by atoms with Crippen molar-refractivity contribution in [3.8, 4) is 0 Å². The Bertz CT molecular complexity index is 643. The number of hydrogen-bond donors (Lipinski definition) is 1. The van der Waals surface area contributed by atoms with Crippen molar-refractivity contribution in [3.63, 3.8) is 0 Å². The Hall–Kier alpha value is -1.35. The Morgan fingerprint density at radius 2 is 1.86 bits per heavy atom. The average Bonchev–Trinajstić information content (AvgIpc) is 2.81. The summed E-state index contributed by atoms with van der Waals surface area (Å²) in [7, 11) is 0. The van der Waals surface area contributed by atoms with Gasteiger partial charge in [0.1, 0.15) is 22.8 Å². The minimum atomic E-state index is -0.906. The Labute approximate surface area is 125 Å². The largest absolute Gasteiger partial charge is 0.458 e.